The van der Waals surface area contributed by atoms with E-state index in [0.717, 1.165) is 11.1 Å². The molecule has 0 bridgehead atoms. The third-order valence-corrected chi connectivity index (χ3v) is 7.66. The van der Waals surface area contributed by atoms with Gasteiger partial charge < -0.3 is 15.2 Å². The molecule has 208 valence electrons. The van der Waals surface area contributed by atoms with Crippen LogP contribution in [0.3, 0.4) is 0 Å². The van der Waals surface area contributed by atoms with E-state index >= 15 is 0 Å². The van der Waals surface area contributed by atoms with Gasteiger partial charge in [0.25, 0.3) is 5.91 Å². The van der Waals surface area contributed by atoms with Crippen molar-refractivity contribution < 1.29 is 27.9 Å². The van der Waals surface area contributed by atoms with Crippen molar-refractivity contribution in [2.75, 3.05) is 11.9 Å². The molecule has 0 fully saturated rings. The first-order valence-corrected chi connectivity index (χ1v) is 14.1. The quantitative estimate of drug-likeness (QED) is 0.240. The van der Waals surface area contributed by atoms with Crippen LogP contribution in [0.2, 0.25) is 0 Å². The van der Waals surface area contributed by atoms with E-state index in [1.54, 1.807) is 37.3 Å². The molecular formula is C29H30N4O6S. The fourth-order valence-corrected chi connectivity index (χ4v) is 5.27. The fourth-order valence-electron chi connectivity index (χ4n) is 3.99. The van der Waals surface area contributed by atoms with Gasteiger partial charge in [-0.25, -0.2) is 17.9 Å². The van der Waals surface area contributed by atoms with Gasteiger partial charge in [-0.3, -0.25) is 4.79 Å². The molecule has 0 spiro atoms. The van der Waals surface area contributed by atoms with Crippen LogP contribution in [0.1, 0.15) is 50.9 Å². The van der Waals surface area contributed by atoms with Crippen molar-refractivity contribution in [3.05, 3.63) is 94.7 Å². The molecular weight excluding hydrogens is 532 g/mol. The van der Waals surface area contributed by atoms with Crippen molar-refractivity contribution in [1.29, 1.82) is 0 Å². The van der Waals surface area contributed by atoms with Crippen LogP contribution in [-0.2, 0) is 10.0 Å². The second kappa shape index (κ2) is 11.7. The number of amides is 1. The van der Waals surface area contributed by atoms with E-state index in [-0.39, 0.29) is 40.0 Å². The molecule has 11 heteroatoms. The minimum absolute atomic E-state index is 0.0462. The zero-order chi connectivity index (χ0) is 29.0. The zero-order valence-corrected chi connectivity index (χ0v) is 23.4. The second-order valence-corrected chi connectivity index (χ2v) is 11.0. The van der Waals surface area contributed by atoms with Gasteiger partial charge in [0, 0.05) is 23.4 Å². The first kappa shape index (κ1) is 28.5. The maximum atomic E-state index is 13.3. The molecule has 3 N–H and O–H groups in total. The Morgan fingerprint density at radius 3 is 2.35 bits per heavy atom. The van der Waals surface area contributed by atoms with Gasteiger partial charge in [-0.15, -0.1) is 0 Å². The molecule has 40 heavy (non-hydrogen) atoms. The summed E-state index contributed by atoms with van der Waals surface area (Å²) in [5, 5.41) is 16.7. The minimum Gasteiger partial charge on any atom is -0.476 e. The summed E-state index contributed by atoms with van der Waals surface area (Å²) >= 11 is 0. The summed E-state index contributed by atoms with van der Waals surface area (Å²) in [6.45, 7) is 7.27. The Morgan fingerprint density at radius 1 is 1.00 bits per heavy atom. The number of hydrogen-bond acceptors (Lipinski definition) is 6. The molecule has 3 aromatic carbocycles. The third kappa shape index (κ3) is 6.05. The van der Waals surface area contributed by atoms with Crippen LogP contribution in [0.25, 0.3) is 5.69 Å². The molecule has 0 saturated carbocycles. The lowest BCUT2D eigenvalue weighted by Crippen LogP contribution is -2.25. The molecule has 1 aromatic heterocycles. The monoisotopic (exact) mass is 562 g/mol. The number of sulfonamides is 1. The van der Waals surface area contributed by atoms with E-state index in [1.165, 1.54) is 29.8 Å². The molecule has 0 unspecified atom stereocenters. The summed E-state index contributed by atoms with van der Waals surface area (Å²) in [6.07, 6.45) is 0.556. The number of aromatic carboxylic acids is 1. The number of nitrogens with one attached hydrogen (secondary N) is 2. The molecule has 10 nitrogen and oxygen atoms in total. The molecule has 0 atom stereocenters. The predicted molar refractivity (Wildman–Crippen MR) is 151 cm³/mol. The molecule has 1 amide bonds. The Morgan fingerprint density at radius 2 is 1.70 bits per heavy atom. The maximum Gasteiger partial charge on any atom is 0.356 e. The van der Waals surface area contributed by atoms with Crippen LogP contribution in [0.15, 0.2) is 71.6 Å². The number of ether oxygens (including phenoxy) is 1. The van der Waals surface area contributed by atoms with E-state index in [9.17, 15) is 23.1 Å². The number of aryl methyl sites for hydroxylation is 2. The lowest BCUT2D eigenvalue weighted by molar-refractivity contribution is 0.0689. The highest BCUT2D eigenvalue weighted by Crippen LogP contribution is 2.35. The highest BCUT2D eigenvalue weighted by Gasteiger charge is 2.26. The summed E-state index contributed by atoms with van der Waals surface area (Å²) < 4.78 is 36.6. The molecule has 0 aliphatic heterocycles. The molecule has 0 aliphatic rings. The molecule has 0 saturated heterocycles. The Labute approximate surface area is 232 Å². The number of carboxylic acids is 1. The van der Waals surface area contributed by atoms with E-state index in [4.69, 9.17) is 4.74 Å². The number of nitrogens with zero attached hydrogens (tertiary/aromatic N) is 2. The van der Waals surface area contributed by atoms with Crippen molar-refractivity contribution in [3.63, 3.8) is 0 Å². The zero-order valence-electron chi connectivity index (χ0n) is 22.6. The lowest BCUT2D eigenvalue weighted by atomic mass is 10.1. The number of carbonyl (C=O) groups is 2. The van der Waals surface area contributed by atoms with Gasteiger partial charge in [0.2, 0.25) is 15.9 Å². The van der Waals surface area contributed by atoms with Crippen LogP contribution >= 0.6 is 0 Å². The van der Waals surface area contributed by atoms with Crippen LogP contribution in [0.4, 0.5) is 5.69 Å². The summed E-state index contributed by atoms with van der Waals surface area (Å²) in [7, 11) is -4.08. The minimum atomic E-state index is -4.08. The number of carboxylic acid groups (broad SMARTS) is 1. The highest BCUT2D eigenvalue weighted by atomic mass is 32.2. The van der Waals surface area contributed by atoms with E-state index in [1.807, 2.05) is 32.0 Å². The highest BCUT2D eigenvalue weighted by molar-refractivity contribution is 7.89. The summed E-state index contributed by atoms with van der Waals surface area (Å²) in [5.74, 6) is -1.66. The van der Waals surface area contributed by atoms with Gasteiger partial charge in [-0.2, -0.15) is 9.78 Å². The average Bonchev–Trinajstić information content (AvgIpc) is 3.25. The van der Waals surface area contributed by atoms with Crippen molar-refractivity contribution in [3.8, 4) is 17.3 Å². The number of rotatable bonds is 10. The van der Waals surface area contributed by atoms with E-state index in [2.05, 4.69) is 15.1 Å². The van der Waals surface area contributed by atoms with Crippen molar-refractivity contribution >= 4 is 27.6 Å². The van der Waals surface area contributed by atoms with E-state index in [0.29, 0.717) is 17.7 Å². The molecule has 4 aromatic rings. The number of benzene rings is 3. The number of carbonyl (C=O) groups excluding carboxylic acids is 1. The number of anilines is 1. The third-order valence-electron chi connectivity index (χ3n) is 6.18. The summed E-state index contributed by atoms with van der Waals surface area (Å²) in [5.41, 5.74) is 2.98. The summed E-state index contributed by atoms with van der Waals surface area (Å²) in [4.78, 5) is 24.6. The first-order chi connectivity index (χ1) is 19.0. The topological polar surface area (TPSA) is 140 Å². The largest absolute Gasteiger partial charge is 0.476 e. The van der Waals surface area contributed by atoms with Gasteiger partial charge in [0.1, 0.15) is 10.6 Å². The molecule has 0 radical (unpaired) electrons. The van der Waals surface area contributed by atoms with Crippen LogP contribution in [0, 0.1) is 20.8 Å². The molecule has 0 aliphatic carbocycles. The number of aromatic nitrogens is 2. The van der Waals surface area contributed by atoms with Crippen LogP contribution in [-0.4, -0.2) is 41.7 Å². The lowest BCUT2D eigenvalue weighted by Gasteiger charge is -2.16. The Hall–Kier alpha value is -4.48. The standard InChI is InChI=1S/C29H30N4O6S/c1-5-16-30-40(37,38)25-17-21(31-27(34)23-9-7-6-8-19(23)3)12-15-24(25)39-28-20(4)26(29(35)36)32-33(28)22-13-10-18(2)11-14-22/h6-15,17,30H,5,16H2,1-4H3,(H,31,34)(H,35,36). The van der Waals surface area contributed by atoms with Gasteiger partial charge in [0.15, 0.2) is 5.69 Å². The SMILES string of the molecule is CCCNS(=O)(=O)c1cc(NC(=O)c2ccccc2C)ccc1Oc1c(C)c(C(=O)O)nn1-c1ccc(C)cc1. The van der Waals surface area contributed by atoms with Crippen molar-refractivity contribution in [1.82, 2.24) is 14.5 Å². The Bertz CT molecular complexity index is 1680. The van der Waals surface area contributed by atoms with Crippen LogP contribution < -0.4 is 14.8 Å². The van der Waals surface area contributed by atoms with Gasteiger partial charge >= 0.3 is 5.97 Å². The predicted octanol–water partition coefficient (Wildman–Crippen LogP) is 5.23. The average molecular weight is 563 g/mol. The number of hydrogen-bond donors (Lipinski definition) is 3. The van der Waals surface area contributed by atoms with Crippen molar-refractivity contribution in [2.45, 2.75) is 39.0 Å². The molecule has 1 heterocycles. The maximum absolute atomic E-state index is 13.3. The smallest absolute Gasteiger partial charge is 0.356 e. The fraction of sp³-hybridized carbons (Fsp3) is 0.207. The van der Waals surface area contributed by atoms with Gasteiger partial charge in [-0.1, -0.05) is 42.8 Å². The first-order valence-electron chi connectivity index (χ1n) is 12.6. The Kier molecular flexibility index (Phi) is 8.36. The molecule has 4 rings (SSSR count). The van der Waals surface area contributed by atoms with Gasteiger partial charge in [0.05, 0.1) is 5.69 Å². The Balaban J connectivity index is 1.80. The normalized spacial score (nSPS) is 11.3. The van der Waals surface area contributed by atoms with Crippen LogP contribution in [0.5, 0.6) is 11.6 Å². The van der Waals surface area contributed by atoms with Gasteiger partial charge in [-0.05, 0) is 69.2 Å². The van der Waals surface area contributed by atoms with Crippen molar-refractivity contribution in [2.24, 2.45) is 0 Å². The second-order valence-electron chi connectivity index (χ2n) is 9.26. The van der Waals surface area contributed by atoms with E-state index < -0.39 is 21.9 Å². The summed E-state index contributed by atoms with van der Waals surface area (Å²) in [6, 6.07) is 18.5.